The summed E-state index contributed by atoms with van der Waals surface area (Å²) in [5, 5.41) is 2.55. The third kappa shape index (κ3) is 5.66. The maximum absolute atomic E-state index is 2.38. The van der Waals surface area contributed by atoms with Crippen LogP contribution in [0.4, 0.5) is 17.1 Å². The van der Waals surface area contributed by atoms with E-state index in [0.29, 0.717) is 0 Å². The molecule has 0 aliphatic heterocycles. The average molecular weight is 656 g/mol. The van der Waals surface area contributed by atoms with Crippen LogP contribution in [0.2, 0.25) is 0 Å². The standard InChI is InChI=1S/C48H33NS/c1-4-12-34(13-5-1)36-20-25-40(26-21-36)49(41-27-22-37(23-28-41)35-14-6-2-7-15-35)42-29-31-48-46(33-42)45-32-39(24-30-47(45)50-48)44-19-11-10-18-43(44)38-16-8-3-9-17-38/h1-33H. The largest absolute Gasteiger partial charge is 0.310 e. The molecule has 1 aromatic heterocycles. The van der Waals surface area contributed by atoms with Crippen LogP contribution in [-0.2, 0) is 0 Å². The second kappa shape index (κ2) is 13.0. The van der Waals surface area contributed by atoms with Gasteiger partial charge in [0.15, 0.2) is 0 Å². The molecular formula is C48H33NS. The van der Waals surface area contributed by atoms with Gasteiger partial charge in [0.25, 0.3) is 0 Å². The molecule has 0 bridgehead atoms. The summed E-state index contributed by atoms with van der Waals surface area (Å²) in [5.74, 6) is 0. The lowest BCUT2D eigenvalue weighted by Gasteiger charge is -2.26. The maximum atomic E-state index is 2.38. The Bertz CT molecular complexity index is 2470. The first kappa shape index (κ1) is 29.9. The van der Waals surface area contributed by atoms with E-state index in [1.54, 1.807) is 0 Å². The average Bonchev–Trinajstić information content (AvgIpc) is 3.57. The Hall–Kier alpha value is -6.22. The molecule has 50 heavy (non-hydrogen) atoms. The summed E-state index contributed by atoms with van der Waals surface area (Å²) in [6.45, 7) is 0. The van der Waals surface area contributed by atoms with Crippen LogP contribution in [0.15, 0.2) is 200 Å². The van der Waals surface area contributed by atoms with Crippen molar-refractivity contribution < 1.29 is 0 Å². The Kier molecular flexibility index (Phi) is 7.77. The van der Waals surface area contributed by atoms with Crippen LogP contribution in [0.25, 0.3) is 64.7 Å². The molecule has 0 amide bonds. The van der Waals surface area contributed by atoms with Gasteiger partial charge in [-0.15, -0.1) is 11.3 Å². The lowest BCUT2D eigenvalue weighted by Crippen LogP contribution is -2.09. The number of anilines is 3. The summed E-state index contributed by atoms with van der Waals surface area (Å²) < 4.78 is 2.58. The highest BCUT2D eigenvalue weighted by molar-refractivity contribution is 7.25. The Balaban J connectivity index is 1.17. The van der Waals surface area contributed by atoms with Gasteiger partial charge in [0.1, 0.15) is 0 Å². The van der Waals surface area contributed by atoms with Crippen molar-refractivity contribution in [1.29, 1.82) is 0 Å². The predicted molar refractivity (Wildman–Crippen MR) is 216 cm³/mol. The predicted octanol–water partition coefficient (Wildman–Crippen LogP) is 14.2. The van der Waals surface area contributed by atoms with E-state index in [1.165, 1.54) is 64.7 Å². The number of hydrogen-bond acceptors (Lipinski definition) is 2. The second-order valence-corrected chi connectivity index (χ2v) is 13.7. The van der Waals surface area contributed by atoms with Crippen LogP contribution in [-0.4, -0.2) is 0 Å². The Morgan fingerprint density at radius 3 is 1.20 bits per heavy atom. The molecule has 0 fully saturated rings. The van der Waals surface area contributed by atoms with E-state index in [-0.39, 0.29) is 0 Å². The molecule has 0 N–H and O–H groups in total. The Labute approximate surface area is 297 Å². The highest BCUT2D eigenvalue weighted by atomic mass is 32.1. The van der Waals surface area contributed by atoms with Crippen molar-refractivity contribution in [3.8, 4) is 44.5 Å². The van der Waals surface area contributed by atoms with Gasteiger partial charge in [0, 0.05) is 37.2 Å². The molecule has 9 aromatic rings. The van der Waals surface area contributed by atoms with E-state index >= 15 is 0 Å². The van der Waals surface area contributed by atoms with Gasteiger partial charge in [-0.2, -0.15) is 0 Å². The van der Waals surface area contributed by atoms with Crippen molar-refractivity contribution in [2.75, 3.05) is 4.90 Å². The zero-order valence-corrected chi connectivity index (χ0v) is 28.2. The molecule has 0 saturated carbocycles. The number of nitrogens with zero attached hydrogens (tertiary/aromatic N) is 1. The highest BCUT2D eigenvalue weighted by Crippen LogP contribution is 2.43. The van der Waals surface area contributed by atoms with Gasteiger partial charge < -0.3 is 4.90 Å². The van der Waals surface area contributed by atoms with Crippen LogP contribution in [0.1, 0.15) is 0 Å². The monoisotopic (exact) mass is 655 g/mol. The van der Waals surface area contributed by atoms with Crippen LogP contribution in [0, 0.1) is 0 Å². The van der Waals surface area contributed by atoms with Crippen LogP contribution >= 0.6 is 11.3 Å². The summed E-state index contributed by atoms with van der Waals surface area (Å²) >= 11 is 1.86. The van der Waals surface area contributed by atoms with E-state index < -0.39 is 0 Å². The molecule has 2 heteroatoms. The third-order valence-corrected chi connectivity index (χ3v) is 10.7. The molecule has 1 heterocycles. The van der Waals surface area contributed by atoms with Gasteiger partial charge in [0.05, 0.1) is 0 Å². The SMILES string of the molecule is c1ccc(-c2ccc(N(c3ccc(-c4ccccc4)cc3)c3ccc4sc5ccc(-c6ccccc6-c6ccccc6)cc5c4c3)cc2)cc1. The zero-order valence-electron chi connectivity index (χ0n) is 27.4. The molecule has 0 aliphatic rings. The quantitative estimate of drug-likeness (QED) is 0.165. The molecule has 0 aliphatic carbocycles. The van der Waals surface area contributed by atoms with E-state index in [1.807, 2.05) is 11.3 Å². The Morgan fingerprint density at radius 2 is 0.660 bits per heavy atom. The maximum Gasteiger partial charge on any atom is 0.0468 e. The highest BCUT2D eigenvalue weighted by Gasteiger charge is 2.16. The van der Waals surface area contributed by atoms with Crippen molar-refractivity contribution in [1.82, 2.24) is 0 Å². The zero-order chi connectivity index (χ0) is 33.3. The molecule has 9 rings (SSSR count). The normalized spacial score (nSPS) is 11.2. The van der Waals surface area contributed by atoms with E-state index in [0.717, 1.165) is 17.1 Å². The minimum Gasteiger partial charge on any atom is -0.310 e. The van der Waals surface area contributed by atoms with Gasteiger partial charge in [-0.3, -0.25) is 0 Å². The minimum absolute atomic E-state index is 1.12. The molecule has 0 radical (unpaired) electrons. The topological polar surface area (TPSA) is 3.24 Å². The smallest absolute Gasteiger partial charge is 0.0468 e. The van der Waals surface area contributed by atoms with Gasteiger partial charge in [-0.1, -0.05) is 146 Å². The number of hydrogen-bond donors (Lipinski definition) is 0. The van der Waals surface area contributed by atoms with E-state index in [2.05, 4.69) is 205 Å². The summed E-state index contributed by atoms with van der Waals surface area (Å²) in [7, 11) is 0. The first-order valence-electron chi connectivity index (χ1n) is 17.0. The fourth-order valence-corrected chi connectivity index (χ4v) is 8.06. The van der Waals surface area contributed by atoms with Gasteiger partial charge >= 0.3 is 0 Å². The van der Waals surface area contributed by atoms with E-state index in [4.69, 9.17) is 0 Å². The lowest BCUT2D eigenvalue weighted by molar-refractivity contribution is 1.29. The van der Waals surface area contributed by atoms with Gasteiger partial charge in [-0.25, -0.2) is 0 Å². The summed E-state index contributed by atoms with van der Waals surface area (Å²) in [4.78, 5) is 2.38. The fraction of sp³-hybridized carbons (Fsp3) is 0. The van der Waals surface area contributed by atoms with Crippen LogP contribution in [0.5, 0.6) is 0 Å². The first-order chi connectivity index (χ1) is 24.8. The third-order valence-electron chi connectivity index (χ3n) is 9.50. The first-order valence-corrected chi connectivity index (χ1v) is 17.8. The minimum atomic E-state index is 1.12. The summed E-state index contributed by atoms with van der Waals surface area (Å²) in [5.41, 5.74) is 13.2. The molecule has 0 unspecified atom stereocenters. The van der Waals surface area contributed by atoms with Crippen molar-refractivity contribution in [3.05, 3.63) is 200 Å². The summed E-state index contributed by atoms with van der Waals surface area (Å²) in [6, 6.07) is 72.3. The van der Waals surface area contributed by atoms with E-state index in [9.17, 15) is 0 Å². The van der Waals surface area contributed by atoms with Crippen molar-refractivity contribution >= 4 is 48.6 Å². The Morgan fingerprint density at radius 1 is 0.280 bits per heavy atom. The molecule has 236 valence electrons. The van der Waals surface area contributed by atoms with Crippen LogP contribution < -0.4 is 4.90 Å². The van der Waals surface area contributed by atoms with Crippen LogP contribution in [0.3, 0.4) is 0 Å². The molecule has 1 nitrogen and oxygen atoms in total. The molecular weight excluding hydrogens is 623 g/mol. The number of fused-ring (bicyclic) bond motifs is 3. The molecule has 0 saturated heterocycles. The fourth-order valence-electron chi connectivity index (χ4n) is 6.99. The molecule has 8 aromatic carbocycles. The number of rotatable bonds is 7. The molecule has 0 atom stereocenters. The second-order valence-electron chi connectivity index (χ2n) is 12.6. The lowest BCUT2D eigenvalue weighted by atomic mass is 9.94. The van der Waals surface area contributed by atoms with Crippen molar-refractivity contribution in [2.24, 2.45) is 0 Å². The summed E-state index contributed by atoms with van der Waals surface area (Å²) in [6.07, 6.45) is 0. The molecule has 0 spiro atoms. The van der Waals surface area contributed by atoms with Gasteiger partial charge in [-0.05, 0) is 99.1 Å². The van der Waals surface area contributed by atoms with Crippen molar-refractivity contribution in [3.63, 3.8) is 0 Å². The number of thiophene rings is 1. The van der Waals surface area contributed by atoms with Gasteiger partial charge in [0.2, 0.25) is 0 Å². The van der Waals surface area contributed by atoms with Crippen molar-refractivity contribution in [2.45, 2.75) is 0 Å². The number of benzene rings is 8.